The molecule has 72 heavy (non-hydrogen) atoms. The van der Waals surface area contributed by atoms with Crippen molar-refractivity contribution in [2.24, 2.45) is 47.2 Å². The van der Waals surface area contributed by atoms with Gasteiger partial charge in [-0.25, -0.2) is 4.79 Å². The number of Topliss-reactive ketones (excluding diaryl/α,β-unsaturated/α-hetero) is 2. The molecule has 5 N–H and O–H groups in total. The number of ether oxygens (including phenoxy) is 4. The molecule has 5 aliphatic rings. The second-order valence-corrected chi connectivity index (χ2v) is 22.9. The summed E-state index contributed by atoms with van der Waals surface area (Å²) in [5.41, 5.74) is 8.45. The first-order valence-corrected chi connectivity index (χ1v) is 26.8. The molecule has 5 bridgehead atoms. The monoisotopic (exact) mass is 1000 g/mol. The van der Waals surface area contributed by atoms with Crippen LogP contribution in [0.5, 0.6) is 0 Å². The number of H-pyrrole nitrogens is 1. The van der Waals surface area contributed by atoms with E-state index in [-0.39, 0.29) is 52.3 Å². The zero-order valence-corrected chi connectivity index (χ0v) is 44.8. The number of aromatic amines is 1. The lowest BCUT2D eigenvalue weighted by Gasteiger charge is -2.46. The maximum Gasteiger partial charge on any atom is 0.329 e. The highest BCUT2D eigenvalue weighted by Gasteiger charge is 2.54. The van der Waals surface area contributed by atoms with Crippen LogP contribution in [0.4, 0.5) is 5.69 Å². The number of amides is 1. The number of hydrogen-bond donors (Lipinski definition) is 4. The molecule has 1 aliphatic carbocycles. The first-order valence-electron chi connectivity index (χ1n) is 26.8. The summed E-state index contributed by atoms with van der Waals surface area (Å²) in [5.74, 6) is -5.54. The van der Waals surface area contributed by atoms with E-state index >= 15 is 0 Å². The molecular formula is C57H87N4O11+. The number of nitrogens with one attached hydrogen (secondary N) is 1. The van der Waals surface area contributed by atoms with E-state index in [0.29, 0.717) is 74.5 Å². The van der Waals surface area contributed by atoms with Gasteiger partial charge in [-0.15, -0.1) is 0 Å². The van der Waals surface area contributed by atoms with Crippen molar-refractivity contribution >= 4 is 29.1 Å². The topological polar surface area (TPSA) is 208 Å². The van der Waals surface area contributed by atoms with Crippen LogP contribution in [0.25, 0.3) is 0 Å². The third kappa shape index (κ3) is 13.4. The number of allylic oxidation sites excluding steroid dienone is 5. The Hall–Kier alpha value is -4.09. The van der Waals surface area contributed by atoms with Crippen molar-refractivity contribution in [1.82, 2.24) is 14.4 Å². The normalized spacial score (nSPS) is 40.0. The summed E-state index contributed by atoms with van der Waals surface area (Å²) in [7, 11) is 7.07. The minimum Gasteiger partial charge on any atom is -0.461 e. The Morgan fingerprint density at radius 3 is 2.33 bits per heavy atom. The van der Waals surface area contributed by atoms with Crippen molar-refractivity contribution in [3.8, 4) is 0 Å². The molecule has 1 aromatic rings. The van der Waals surface area contributed by atoms with E-state index in [4.69, 9.17) is 24.7 Å². The summed E-state index contributed by atoms with van der Waals surface area (Å²) in [6.45, 7) is 11.7. The number of rotatable bonds is 6. The molecule has 4 fully saturated rings. The Labute approximate surface area is 428 Å². The van der Waals surface area contributed by atoms with Crippen molar-refractivity contribution in [1.29, 1.82) is 0 Å². The van der Waals surface area contributed by atoms with Crippen molar-refractivity contribution in [2.45, 2.75) is 179 Å². The average molecular weight is 1000 g/mol. The number of carbonyl (C=O) groups excluding carboxylic acids is 4. The van der Waals surface area contributed by atoms with Gasteiger partial charge in [0.25, 0.3) is 11.7 Å². The number of aromatic nitrogens is 1. The van der Waals surface area contributed by atoms with E-state index in [1.807, 2.05) is 65.2 Å². The van der Waals surface area contributed by atoms with Crippen LogP contribution in [0, 0.1) is 41.4 Å². The zero-order chi connectivity index (χ0) is 52.7. The predicted molar refractivity (Wildman–Crippen MR) is 278 cm³/mol. The number of aliphatic hydroxyl groups excluding tert-OH is 1. The molecule has 5 heterocycles. The summed E-state index contributed by atoms with van der Waals surface area (Å²) in [6.07, 6.45) is 17.8. The van der Waals surface area contributed by atoms with E-state index in [9.17, 15) is 34.2 Å². The number of hydrogen-bond acceptors (Lipinski definition) is 12. The Kier molecular flexibility index (Phi) is 19.8. The quantitative estimate of drug-likeness (QED) is 0.0996. The third-order valence-corrected chi connectivity index (χ3v) is 17.3. The number of pyridine rings is 1. The number of aliphatic hydroxyl groups is 2. The fourth-order valence-corrected chi connectivity index (χ4v) is 12.7. The van der Waals surface area contributed by atoms with Crippen molar-refractivity contribution < 1.29 is 48.3 Å². The minimum absolute atomic E-state index is 0.0116. The molecule has 1 aromatic heterocycles. The first-order chi connectivity index (χ1) is 34.1. The average Bonchev–Trinajstić information content (AvgIpc) is 3.34. The van der Waals surface area contributed by atoms with Crippen molar-refractivity contribution in [2.75, 3.05) is 34.9 Å². The van der Waals surface area contributed by atoms with Crippen LogP contribution in [0.2, 0.25) is 0 Å². The predicted octanol–water partition coefficient (Wildman–Crippen LogP) is 6.89. The molecule has 1 amide bonds. The molecule has 400 valence electrons. The summed E-state index contributed by atoms with van der Waals surface area (Å²) < 4.78 is 24.6. The Morgan fingerprint density at radius 1 is 0.875 bits per heavy atom. The van der Waals surface area contributed by atoms with Crippen LogP contribution in [-0.4, -0.2) is 133 Å². The second kappa shape index (κ2) is 25.0. The molecule has 0 radical (unpaired) electrons. The van der Waals surface area contributed by atoms with Gasteiger partial charge in [0.15, 0.2) is 11.5 Å². The molecule has 15 nitrogen and oxygen atoms in total. The highest BCUT2D eigenvalue weighted by Crippen LogP contribution is 2.43. The highest BCUT2D eigenvalue weighted by molar-refractivity contribution is 6.39. The lowest BCUT2D eigenvalue weighted by molar-refractivity contribution is -0.264. The van der Waals surface area contributed by atoms with Gasteiger partial charge in [-0.05, 0) is 138 Å². The van der Waals surface area contributed by atoms with E-state index in [1.54, 1.807) is 45.4 Å². The number of piperidine rings is 1. The highest BCUT2D eigenvalue weighted by atomic mass is 16.6. The smallest absolute Gasteiger partial charge is 0.329 e. The van der Waals surface area contributed by atoms with Crippen LogP contribution < -0.4 is 15.8 Å². The van der Waals surface area contributed by atoms with Crippen LogP contribution in [0.1, 0.15) is 125 Å². The van der Waals surface area contributed by atoms with E-state index in [1.165, 1.54) is 12.0 Å². The fraction of sp³-hybridized carbons (Fsp3) is 0.702. The zero-order valence-electron chi connectivity index (χ0n) is 44.8. The molecule has 15 heteroatoms. The summed E-state index contributed by atoms with van der Waals surface area (Å²) in [5, 5.41) is 23.9. The summed E-state index contributed by atoms with van der Waals surface area (Å²) >= 11 is 0. The molecule has 6 rings (SSSR count). The number of carbonyl (C=O) groups is 4. The first kappa shape index (κ1) is 57.2. The largest absolute Gasteiger partial charge is 0.461 e. The van der Waals surface area contributed by atoms with Crippen molar-refractivity contribution in [3.63, 3.8) is 0 Å². The Bertz CT molecular complexity index is 2240. The number of fused-ring (bicyclic) bond motifs is 5. The number of nitrogens with two attached hydrogens (primary N) is 1. The number of ketones is 2. The third-order valence-electron chi connectivity index (χ3n) is 17.3. The number of nitrogens with zero attached hydrogens (tertiary/aromatic N) is 2. The standard InChI is InChI=1S/C57H86N4O11/c1-34-15-12-11-13-16-35(2)47(61(7,8)46-17-14-25-59-54(46)65)33-44-22-19-39(6)57(68,72-44)53(64)55(66)60-26-24-41-30-42(29-40-20-18-36(3)49(32-40)69-9)48(71-56(67)45(60)31-41)23-21-43(58)28-38(5)51(63)52(70-10)50(62)37(4)27-34/h11-17,25,28,34,36-37,39-45,47-49,51-52,63,68H,18-24,26-27,29-33,58H2,1-10H3/p+1/b13-11+,15-12+,35-16+,38-28+/t34-,36-,37?,39?,40?,41?,42?,43+,44+,45?,47+,48+,49?,51?,52+,57?/m1/s1. The maximum atomic E-state index is 14.6. The molecule has 9 unspecified atom stereocenters. The lowest BCUT2D eigenvalue weighted by atomic mass is 9.72. The second-order valence-electron chi connectivity index (χ2n) is 22.9. The summed E-state index contributed by atoms with van der Waals surface area (Å²) in [6, 6.07) is 1.60. The van der Waals surface area contributed by atoms with Gasteiger partial charge in [0.1, 0.15) is 30.4 Å². The van der Waals surface area contributed by atoms with Gasteiger partial charge < -0.3 is 44.8 Å². The number of quaternary nitrogens is 1. The number of methoxy groups -OCH3 is 2. The number of likely N-dealkylation sites (N-methyl/N-ethyl adjacent to an activating group) is 1. The van der Waals surface area contributed by atoms with E-state index in [2.05, 4.69) is 11.9 Å². The molecule has 0 spiro atoms. The Morgan fingerprint density at radius 2 is 1.62 bits per heavy atom. The van der Waals surface area contributed by atoms with Gasteiger partial charge in [-0.1, -0.05) is 64.2 Å². The van der Waals surface area contributed by atoms with Gasteiger partial charge in [-0.2, -0.15) is 0 Å². The van der Waals surface area contributed by atoms with Crippen LogP contribution in [0.3, 0.4) is 0 Å². The van der Waals surface area contributed by atoms with Crippen LogP contribution in [0.15, 0.2) is 70.7 Å². The molecular weight excluding hydrogens is 917 g/mol. The fourth-order valence-electron chi connectivity index (χ4n) is 12.7. The van der Waals surface area contributed by atoms with Gasteiger partial charge in [-0.3, -0.25) is 23.7 Å². The van der Waals surface area contributed by atoms with Crippen LogP contribution in [-0.2, 0) is 38.1 Å². The Balaban J connectivity index is 1.35. The van der Waals surface area contributed by atoms with Crippen LogP contribution >= 0.6 is 0 Å². The maximum absolute atomic E-state index is 14.6. The number of esters is 1. The molecule has 3 saturated heterocycles. The molecule has 0 aromatic carbocycles. The van der Waals surface area contributed by atoms with Gasteiger partial charge in [0.2, 0.25) is 5.79 Å². The molecule has 16 atom stereocenters. The molecule has 1 saturated carbocycles. The summed E-state index contributed by atoms with van der Waals surface area (Å²) in [4.78, 5) is 75.1. The van der Waals surface area contributed by atoms with E-state index < -0.39 is 71.8 Å². The SMILES string of the molecule is COC1CC(CC2CC3CCN4C(=O)C(=O)C5(O)O[C@@H](CCC5C)C[C@H]([N+](C)(C)c5ccc[nH]c5=O)/C(C)=C/C=C/C=C/[C@@H](C)CC(C)C(=O)[C@H](OC)C(O)/C(C)=C/[C@@H](N)CC[C@@H]2OC(=O)C4C3)CC[C@H]1C. The van der Waals surface area contributed by atoms with Gasteiger partial charge >= 0.3 is 11.5 Å². The lowest BCUT2D eigenvalue weighted by Crippen LogP contribution is -2.62. The molecule has 4 aliphatic heterocycles. The van der Waals surface area contributed by atoms with Crippen molar-refractivity contribution in [3.05, 3.63) is 76.3 Å². The van der Waals surface area contributed by atoms with Gasteiger partial charge in [0, 0.05) is 57.3 Å². The van der Waals surface area contributed by atoms with E-state index in [0.717, 1.165) is 37.7 Å². The minimum atomic E-state index is -2.46. The van der Waals surface area contributed by atoms with Gasteiger partial charge in [0.05, 0.1) is 26.3 Å².